The van der Waals surface area contributed by atoms with Gasteiger partial charge in [0.15, 0.2) is 11.5 Å². The number of carbonyl (C=O) groups excluding carboxylic acids is 1. The molecule has 4 aromatic rings. The zero-order valence-corrected chi connectivity index (χ0v) is 19.7. The summed E-state index contributed by atoms with van der Waals surface area (Å²) in [6.07, 6.45) is 4.42. The average molecular weight is 507 g/mol. The van der Waals surface area contributed by atoms with Crippen LogP contribution in [-0.4, -0.2) is 33.3 Å². The first kappa shape index (κ1) is 24.0. The van der Waals surface area contributed by atoms with Crippen molar-refractivity contribution in [1.29, 1.82) is 0 Å². The van der Waals surface area contributed by atoms with Gasteiger partial charge in [-0.2, -0.15) is 0 Å². The Balaban J connectivity index is 1.18. The Morgan fingerprint density at radius 2 is 1.86 bits per heavy atom. The minimum atomic E-state index is -3.72. The van der Waals surface area contributed by atoms with Crippen molar-refractivity contribution < 1.29 is 23.0 Å². The molecule has 2 aromatic carbocycles. The molecule has 11 heteroatoms. The van der Waals surface area contributed by atoms with E-state index in [1.165, 1.54) is 18.2 Å². The van der Waals surface area contributed by atoms with Crippen LogP contribution in [-0.2, 0) is 13.1 Å². The van der Waals surface area contributed by atoms with Gasteiger partial charge in [-0.3, -0.25) is 4.79 Å². The molecule has 2 aromatic heterocycles. The Morgan fingerprint density at radius 1 is 1.00 bits per heavy atom. The van der Waals surface area contributed by atoms with Crippen molar-refractivity contribution in [3.63, 3.8) is 0 Å². The molecule has 9 nitrogen and oxygen atoms in total. The van der Waals surface area contributed by atoms with Crippen molar-refractivity contribution in [2.75, 3.05) is 22.5 Å². The molecule has 0 aliphatic carbocycles. The molecule has 0 saturated carbocycles. The molecule has 5 rings (SSSR count). The summed E-state index contributed by atoms with van der Waals surface area (Å²) in [5, 5.41) is 9.33. The second kappa shape index (κ2) is 10.5. The number of halogens is 2. The normalized spacial score (nSPS) is 13.2. The quantitative estimate of drug-likeness (QED) is 0.261. The third-order valence-corrected chi connectivity index (χ3v) is 5.60. The van der Waals surface area contributed by atoms with Crippen LogP contribution in [0.2, 0.25) is 0 Å². The van der Waals surface area contributed by atoms with Crippen molar-refractivity contribution in [2.24, 2.45) is 0 Å². The monoisotopic (exact) mass is 506 g/mol. The molecular formula is C26H24F2N6O3. The first-order chi connectivity index (χ1) is 17.9. The second-order valence-corrected chi connectivity index (χ2v) is 8.31. The number of ether oxygens (including phenoxy) is 2. The largest absolute Gasteiger partial charge is 0.586 e. The van der Waals surface area contributed by atoms with Gasteiger partial charge in [0.1, 0.15) is 5.82 Å². The summed E-state index contributed by atoms with van der Waals surface area (Å²) in [4.78, 5) is 21.4. The van der Waals surface area contributed by atoms with Crippen LogP contribution >= 0.6 is 0 Å². The average Bonchev–Trinajstić information content (AvgIpc) is 3.51. The number of nitrogens with zero attached hydrogens (tertiary/aromatic N) is 3. The van der Waals surface area contributed by atoms with Gasteiger partial charge in [0, 0.05) is 55.7 Å². The van der Waals surface area contributed by atoms with E-state index in [1.807, 2.05) is 29.0 Å². The van der Waals surface area contributed by atoms with Crippen molar-refractivity contribution in [2.45, 2.75) is 25.8 Å². The van der Waals surface area contributed by atoms with E-state index in [0.29, 0.717) is 23.5 Å². The fraction of sp³-hybridized carbons (Fsp3) is 0.192. The van der Waals surface area contributed by atoms with Crippen molar-refractivity contribution in [1.82, 2.24) is 14.5 Å². The number of hydrogen-bond donors (Lipinski definition) is 3. The van der Waals surface area contributed by atoms with E-state index < -0.39 is 12.2 Å². The van der Waals surface area contributed by atoms with Gasteiger partial charge < -0.3 is 30.0 Å². The summed E-state index contributed by atoms with van der Waals surface area (Å²) >= 11 is 0. The number of imidazole rings is 1. The first-order valence-corrected chi connectivity index (χ1v) is 11.6. The van der Waals surface area contributed by atoms with Crippen LogP contribution in [0.3, 0.4) is 0 Å². The SMILES string of the molecule is O=C(Nc1ccc2c(c1)OC(F)(F)O2)c1ccccc1NCc1ccnc(NCCCn2ccnc2)c1. The summed E-state index contributed by atoms with van der Waals surface area (Å²) < 4.78 is 37.4. The highest BCUT2D eigenvalue weighted by Gasteiger charge is 2.43. The van der Waals surface area contributed by atoms with E-state index in [9.17, 15) is 13.6 Å². The molecule has 3 N–H and O–H groups in total. The Morgan fingerprint density at radius 3 is 2.73 bits per heavy atom. The molecule has 3 heterocycles. The number of anilines is 3. The van der Waals surface area contributed by atoms with E-state index in [4.69, 9.17) is 0 Å². The van der Waals surface area contributed by atoms with Crippen LogP contribution < -0.4 is 25.4 Å². The molecule has 37 heavy (non-hydrogen) atoms. The van der Waals surface area contributed by atoms with Crippen LogP contribution in [0.25, 0.3) is 0 Å². The number of pyridine rings is 1. The molecule has 0 fully saturated rings. The molecule has 0 bridgehead atoms. The fourth-order valence-corrected chi connectivity index (χ4v) is 3.84. The molecular weight excluding hydrogens is 482 g/mol. The van der Waals surface area contributed by atoms with E-state index in [-0.39, 0.29) is 11.5 Å². The molecule has 190 valence electrons. The topological polar surface area (TPSA) is 102 Å². The molecule has 0 spiro atoms. The van der Waals surface area contributed by atoms with Gasteiger partial charge in [-0.25, -0.2) is 9.97 Å². The number of alkyl halides is 2. The Hall–Kier alpha value is -4.67. The predicted octanol–water partition coefficient (Wildman–Crippen LogP) is 4.97. The minimum Gasteiger partial charge on any atom is -0.395 e. The fourth-order valence-electron chi connectivity index (χ4n) is 3.84. The van der Waals surface area contributed by atoms with Gasteiger partial charge in [-0.1, -0.05) is 12.1 Å². The minimum absolute atomic E-state index is 0.0884. The highest BCUT2D eigenvalue weighted by atomic mass is 19.3. The maximum atomic E-state index is 13.3. The lowest BCUT2D eigenvalue weighted by atomic mass is 10.1. The summed E-state index contributed by atoms with van der Waals surface area (Å²) in [6.45, 7) is 2.10. The van der Waals surface area contributed by atoms with Gasteiger partial charge in [0.2, 0.25) is 0 Å². The number of benzene rings is 2. The number of rotatable bonds is 10. The molecule has 0 radical (unpaired) electrons. The molecule has 0 unspecified atom stereocenters. The van der Waals surface area contributed by atoms with Crippen LogP contribution in [0.1, 0.15) is 22.3 Å². The summed E-state index contributed by atoms with van der Waals surface area (Å²) in [7, 11) is 0. The van der Waals surface area contributed by atoms with Crippen LogP contribution in [0, 0.1) is 0 Å². The number of para-hydroxylation sites is 1. The third kappa shape index (κ3) is 6.13. The van der Waals surface area contributed by atoms with Crippen molar-refractivity contribution in [3.05, 3.63) is 90.6 Å². The zero-order valence-electron chi connectivity index (χ0n) is 19.7. The highest BCUT2D eigenvalue weighted by molar-refractivity contribution is 6.08. The van der Waals surface area contributed by atoms with Gasteiger partial charge >= 0.3 is 6.29 Å². The van der Waals surface area contributed by atoms with Crippen LogP contribution in [0.15, 0.2) is 79.5 Å². The van der Waals surface area contributed by atoms with E-state index >= 15 is 0 Å². The third-order valence-electron chi connectivity index (χ3n) is 5.60. The number of fused-ring (bicyclic) bond motifs is 1. The van der Waals surface area contributed by atoms with E-state index in [2.05, 4.69) is 35.4 Å². The van der Waals surface area contributed by atoms with Gasteiger partial charge in [0.05, 0.1) is 11.9 Å². The number of carbonyl (C=O) groups is 1. The van der Waals surface area contributed by atoms with Crippen LogP contribution in [0.5, 0.6) is 11.5 Å². The molecule has 0 atom stereocenters. The molecule has 1 aliphatic heterocycles. The summed E-state index contributed by atoms with van der Waals surface area (Å²) in [5.41, 5.74) is 2.31. The first-order valence-electron chi connectivity index (χ1n) is 11.6. The number of aromatic nitrogens is 3. The Kier molecular flexibility index (Phi) is 6.84. The number of nitrogens with one attached hydrogen (secondary N) is 3. The standard InChI is InChI=1S/C26H24F2N6O3/c27-26(28)36-22-7-6-19(15-23(22)37-26)33-25(35)20-4-1-2-5-21(20)32-16-18-8-10-31-24(14-18)30-9-3-12-34-13-11-29-17-34/h1-2,4-8,10-11,13-15,17,32H,3,9,12,16H2,(H,30,31)(H,33,35). The van der Waals surface area contributed by atoms with Gasteiger partial charge in [-0.05, 0) is 48.4 Å². The van der Waals surface area contributed by atoms with Crippen molar-refractivity contribution >= 4 is 23.1 Å². The van der Waals surface area contributed by atoms with Crippen LogP contribution in [0.4, 0.5) is 26.0 Å². The second-order valence-electron chi connectivity index (χ2n) is 8.31. The molecule has 1 aliphatic rings. The van der Waals surface area contributed by atoms with E-state index in [0.717, 1.165) is 30.9 Å². The summed E-state index contributed by atoms with van der Waals surface area (Å²) in [5.74, 6) is 0.139. The molecule has 0 saturated heterocycles. The smallest absolute Gasteiger partial charge is 0.395 e. The lowest BCUT2D eigenvalue weighted by Crippen LogP contribution is -2.25. The van der Waals surface area contributed by atoms with E-state index in [1.54, 1.807) is 36.9 Å². The number of amides is 1. The lowest BCUT2D eigenvalue weighted by Gasteiger charge is -2.13. The predicted molar refractivity (Wildman–Crippen MR) is 134 cm³/mol. The van der Waals surface area contributed by atoms with Gasteiger partial charge in [-0.15, -0.1) is 8.78 Å². The Labute approximate surface area is 211 Å². The maximum absolute atomic E-state index is 13.3. The lowest BCUT2D eigenvalue weighted by molar-refractivity contribution is -0.286. The van der Waals surface area contributed by atoms with Crippen molar-refractivity contribution in [3.8, 4) is 11.5 Å². The number of hydrogen-bond acceptors (Lipinski definition) is 7. The number of aryl methyl sites for hydroxylation is 1. The maximum Gasteiger partial charge on any atom is 0.586 e. The molecule has 1 amide bonds. The summed E-state index contributed by atoms with van der Waals surface area (Å²) in [6, 6.07) is 15.0. The Bertz CT molecular complexity index is 1380. The van der Waals surface area contributed by atoms with Gasteiger partial charge in [0.25, 0.3) is 5.91 Å². The zero-order chi connectivity index (χ0) is 25.7. The highest BCUT2D eigenvalue weighted by Crippen LogP contribution is 2.42.